The molecule has 166 valence electrons. The first-order valence-electron chi connectivity index (χ1n) is 10.1. The van der Waals surface area contributed by atoms with Gasteiger partial charge in [-0.15, -0.1) is 0 Å². The molecule has 11 nitrogen and oxygen atoms in total. The minimum absolute atomic E-state index is 0.0215. The Balaban J connectivity index is 1.49. The molecule has 0 spiro atoms. The number of allylic oxidation sites excluding steroid dienone is 1. The second-order valence-electron chi connectivity index (χ2n) is 8.25. The molecule has 0 radical (unpaired) electrons. The smallest absolute Gasteiger partial charge is 0.307 e. The van der Waals surface area contributed by atoms with Crippen molar-refractivity contribution in [2.24, 2.45) is 28.6 Å². The van der Waals surface area contributed by atoms with E-state index in [0.29, 0.717) is 28.2 Å². The quantitative estimate of drug-likeness (QED) is 0.336. The normalized spacial score (nSPS) is 24.2. The number of carbonyl (C=O) groups excluding carboxylic acids is 1. The van der Waals surface area contributed by atoms with E-state index in [9.17, 15) is 13.2 Å². The molecule has 1 saturated carbocycles. The minimum atomic E-state index is -3.87. The predicted octanol–water partition coefficient (Wildman–Crippen LogP) is 0.559. The number of rotatable bonds is 6. The lowest BCUT2D eigenvalue weighted by molar-refractivity contribution is -0.347. The number of aromatic nitrogens is 4. The maximum Gasteiger partial charge on any atom is 0.307 e. The maximum atomic E-state index is 12.1. The van der Waals surface area contributed by atoms with Crippen molar-refractivity contribution in [1.29, 1.82) is 0 Å². The predicted molar refractivity (Wildman–Crippen MR) is 117 cm³/mol. The first kappa shape index (κ1) is 20.4. The molecule has 4 atom stereocenters. The van der Waals surface area contributed by atoms with Gasteiger partial charge in [-0.2, -0.15) is 4.98 Å². The number of H-pyrrole nitrogens is 2. The molecule has 0 aliphatic heterocycles. The molecule has 32 heavy (non-hydrogen) atoms. The topological polar surface area (TPSA) is 183 Å². The Bertz CT molecular complexity index is 1370. The van der Waals surface area contributed by atoms with Crippen molar-refractivity contribution in [3.63, 3.8) is 0 Å². The van der Waals surface area contributed by atoms with Gasteiger partial charge in [-0.1, -0.05) is 23.2 Å². The maximum absolute atomic E-state index is 12.1. The fourth-order valence-electron chi connectivity index (χ4n) is 4.72. The number of sulfonamides is 1. The Morgan fingerprint density at radius 3 is 2.78 bits per heavy atom. The number of imidazole rings is 1. The fourth-order valence-corrected chi connectivity index (χ4v) is 5.53. The van der Waals surface area contributed by atoms with E-state index in [2.05, 4.69) is 42.7 Å². The zero-order valence-corrected chi connectivity index (χ0v) is 18.0. The average Bonchev–Trinajstić information content (AvgIpc) is 3.44. The molecule has 0 saturated heterocycles. The number of hydrogen-bond acceptors (Lipinski definition) is 7. The van der Waals surface area contributed by atoms with Crippen molar-refractivity contribution in [1.82, 2.24) is 15.0 Å². The van der Waals surface area contributed by atoms with Crippen LogP contribution in [0.5, 0.6) is 0 Å². The highest BCUT2D eigenvalue weighted by molar-refractivity contribution is 7.89. The second kappa shape index (κ2) is 7.28. The summed E-state index contributed by atoms with van der Waals surface area (Å²) in [6.07, 6.45) is 6.68. The Labute approximate surface area is 183 Å². The van der Waals surface area contributed by atoms with Crippen LogP contribution in [0.25, 0.3) is 11.2 Å². The second-order valence-corrected chi connectivity index (χ2v) is 9.78. The Kier molecular flexibility index (Phi) is 4.64. The number of fused-ring (bicyclic) bond motifs is 3. The molecule has 2 heterocycles. The highest BCUT2D eigenvalue weighted by atomic mass is 32.2. The lowest BCUT2D eigenvalue weighted by atomic mass is 9.88. The van der Waals surface area contributed by atoms with E-state index in [1.54, 1.807) is 25.4 Å². The van der Waals surface area contributed by atoms with E-state index in [1.165, 1.54) is 6.07 Å². The van der Waals surface area contributed by atoms with Crippen molar-refractivity contribution in [2.45, 2.75) is 24.3 Å². The minimum Gasteiger partial charge on any atom is -0.369 e. The van der Waals surface area contributed by atoms with Crippen LogP contribution in [-0.2, 0) is 14.8 Å². The van der Waals surface area contributed by atoms with E-state index in [1.807, 2.05) is 0 Å². The van der Waals surface area contributed by atoms with Crippen LogP contribution in [0.3, 0.4) is 0 Å². The van der Waals surface area contributed by atoms with Crippen molar-refractivity contribution in [3.8, 4) is 0 Å². The summed E-state index contributed by atoms with van der Waals surface area (Å²) in [5.41, 5.74) is 7.89. The molecular weight excluding hydrogens is 432 g/mol. The standard InChI is InChI=1S/C20H22N8O3S/c1-9-2-5-12(7-13(9)32(22,30)31)25-20-27-18-16(23-8-24-18)19(28-20)26-15-11-4-3-10(6-11)14(15)17(21)29/h2-5,7-8,10-11,14-15H,6H2,1H3,(H2,21,29)(H2,22,30,31)(H3,23,24,25,26,27,28)/p+1/t10-,11+,14+,15-/m1/s1. The van der Waals surface area contributed by atoms with Gasteiger partial charge in [0.05, 0.1) is 10.8 Å². The first-order chi connectivity index (χ1) is 15.2. The summed E-state index contributed by atoms with van der Waals surface area (Å²) in [5, 5.41) is 11.7. The van der Waals surface area contributed by atoms with E-state index < -0.39 is 10.0 Å². The molecule has 1 amide bonds. The number of nitrogens with zero attached hydrogens (tertiary/aromatic N) is 2. The Hall–Kier alpha value is -3.51. The number of amides is 1. The number of nitrogens with two attached hydrogens (primary N) is 2. The third-order valence-corrected chi connectivity index (χ3v) is 7.23. The summed E-state index contributed by atoms with van der Waals surface area (Å²) in [5.74, 6) is 0.414. The van der Waals surface area contributed by atoms with Gasteiger partial charge in [0.15, 0.2) is 12.1 Å². The number of nitrogens with one attached hydrogen (secondary N) is 4. The van der Waals surface area contributed by atoms with Gasteiger partial charge in [0.1, 0.15) is 0 Å². The van der Waals surface area contributed by atoms with Crippen LogP contribution in [0.4, 0.5) is 17.5 Å². The number of aryl methyl sites for hydroxylation is 1. The Morgan fingerprint density at radius 1 is 1.25 bits per heavy atom. The lowest BCUT2D eigenvalue weighted by Crippen LogP contribution is -2.41. The first-order valence-corrected chi connectivity index (χ1v) is 11.7. The summed E-state index contributed by atoms with van der Waals surface area (Å²) in [6, 6.07) is 4.64. The highest BCUT2D eigenvalue weighted by Crippen LogP contribution is 2.45. The third-order valence-electron chi connectivity index (χ3n) is 6.18. The van der Waals surface area contributed by atoms with Crippen LogP contribution in [0.1, 0.15) is 12.0 Å². The summed E-state index contributed by atoms with van der Waals surface area (Å²) in [4.78, 5) is 27.2. The molecule has 12 heteroatoms. The van der Waals surface area contributed by atoms with Gasteiger partial charge in [0.25, 0.3) is 0 Å². The average molecular weight is 456 g/mol. The number of carbonyl (C=O) groups is 1. The number of primary sulfonamides is 1. The van der Waals surface area contributed by atoms with Crippen LogP contribution in [0, 0.1) is 24.7 Å². The van der Waals surface area contributed by atoms with Gasteiger partial charge >= 0.3 is 11.6 Å². The number of primary amides is 1. The van der Waals surface area contributed by atoms with Crippen molar-refractivity contribution in [3.05, 3.63) is 42.2 Å². The molecule has 2 aliphatic carbocycles. The van der Waals surface area contributed by atoms with E-state index in [4.69, 9.17) is 10.9 Å². The molecule has 8 N–H and O–H groups in total. The van der Waals surface area contributed by atoms with Crippen LogP contribution >= 0.6 is 0 Å². The van der Waals surface area contributed by atoms with Crippen molar-refractivity contribution in [2.75, 3.05) is 10.6 Å². The van der Waals surface area contributed by atoms with Crippen LogP contribution in [0.15, 0.2) is 41.6 Å². The van der Waals surface area contributed by atoms with Gasteiger partial charge in [0.2, 0.25) is 21.4 Å². The van der Waals surface area contributed by atoms with E-state index >= 15 is 0 Å². The fraction of sp³-hybridized carbons (Fsp3) is 0.300. The van der Waals surface area contributed by atoms with Gasteiger partial charge in [0, 0.05) is 11.7 Å². The van der Waals surface area contributed by atoms with Crippen molar-refractivity contribution >= 4 is 44.5 Å². The molecule has 2 bridgehead atoms. The van der Waals surface area contributed by atoms with Gasteiger partial charge in [-0.05, 0) is 42.9 Å². The van der Waals surface area contributed by atoms with E-state index in [-0.39, 0.29) is 40.5 Å². The van der Waals surface area contributed by atoms with Crippen LogP contribution in [0.2, 0.25) is 0 Å². The van der Waals surface area contributed by atoms with Crippen molar-refractivity contribution < 1.29 is 18.2 Å². The number of benzene rings is 1. The summed E-state index contributed by atoms with van der Waals surface area (Å²) >= 11 is 0. The zero-order valence-electron chi connectivity index (χ0n) is 17.2. The highest BCUT2D eigenvalue weighted by Gasteiger charge is 2.47. The monoisotopic (exact) mass is 455 g/mol. The number of anilines is 3. The van der Waals surface area contributed by atoms with Gasteiger partial charge in [-0.25, -0.2) is 18.5 Å². The van der Waals surface area contributed by atoms with Crippen LogP contribution in [-0.4, -0.2) is 35.3 Å². The molecule has 0 unspecified atom stereocenters. The number of hydrogen-bond donors (Lipinski definition) is 5. The molecule has 1 fully saturated rings. The SMILES string of the molecule is Cc1ccc(Nc2nc(N[C@H]3[C@@H](C(N)=O)[C@@H]4C=C[C@H]3C4)c3[nH]c[nH+]c3n2)cc1S(N)(=O)=O. The number of aromatic amines is 2. The largest absolute Gasteiger partial charge is 0.369 e. The molecule has 2 aromatic heterocycles. The molecule has 5 rings (SSSR count). The molecule has 1 aromatic carbocycles. The van der Waals surface area contributed by atoms with Gasteiger partial charge < -0.3 is 16.4 Å². The lowest BCUT2D eigenvalue weighted by Gasteiger charge is -2.26. The van der Waals surface area contributed by atoms with Crippen LogP contribution < -0.4 is 26.5 Å². The van der Waals surface area contributed by atoms with Gasteiger partial charge in [-0.3, -0.25) is 9.78 Å². The Morgan fingerprint density at radius 2 is 2.03 bits per heavy atom. The summed E-state index contributed by atoms with van der Waals surface area (Å²) in [7, 11) is -3.87. The third kappa shape index (κ3) is 3.46. The molecule has 2 aliphatic rings. The van der Waals surface area contributed by atoms with E-state index in [0.717, 1.165) is 6.42 Å². The summed E-state index contributed by atoms with van der Waals surface area (Å²) in [6.45, 7) is 1.67. The zero-order chi connectivity index (χ0) is 22.6. The summed E-state index contributed by atoms with van der Waals surface area (Å²) < 4.78 is 23.7. The molecular formula is C20H23N8O3S+. The molecule has 3 aromatic rings.